The van der Waals surface area contributed by atoms with Gasteiger partial charge in [-0.25, -0.2) is 4.79 Å². The molecule has 18 heavy (non-hydrogen) atoms. The number of amides is 1. The molecule has 0 fully saturated rings. The van der Waals surface area contributed by atoms with Crippen LogP contribution in [0.4, 0.5) is 4.79 Å². The molecule has 0 bridgehead atoms. The van der Waals surface area contributed by atoms with E-state index in [2.05, 4.69) is 9.71 Å². The first-order chi connectivity index (χ1) is 8.02. The summed E-state index contributed by atoms with van der Waals surface area (Å²) in [5, 5.41) is 2.60. The predicted molar refractivity (Wildman–Crippen MR) is 75.2 cm³/mol. The second-order valence-electron chi connectivity index (χ2n) is 5.87. The molecule has 0 aliphatic carbocycles. The van der Waals surface area contributed by atoms with Crippen molar-refractivity contribution in [3.63, 3.8) is 0 Å². The van der Waals surface area contributed by atoms with Gasteiger partial charge in [0.1, 0.15) is 21.7 Å². The maximum atomic E-state index is 11.6. The van der Waals surface area contributed by atoms with Crippen LogP contribution in [0.1, 0.15) is 48.0 Å². The average molecular weight is 276 g/mol. The van der Waals surface area contributed by atoms with Gasteiger partial charge in [-0.05, 0) is 41.5 Å². The van der Waals surface area contributed by atoms with Crippen molar-refractivity contribution in [1.29, 1.82) is 0 Å². The van der Waals surface area contributed by atoms with E-state index in [1.165, 1.54) is 0 Å². The van der Waals surface area contributed by atoms with Crippen molar-refractivity contribution in [3.05, 3.63) is 0 Å². The van der Waals surface area contributed by atoms with E-state index in [9.17, 15) is 9.35 Å². The number of ether oxygens (including phenoxy) is 1. The molecule has 0 unspecified atom stereocenters. The number of nitrogens with one attached hydrogen (secondary N) is 1. The smallest absolute Gasteiger partial charge is 0.407 e. The summed E-state index contributed by atoms with van der Waals surface area (Å²) in [6, 6.07) is 0. The number of carbonyl (C=O) groups excluding carboxylic acids is 1. The normalized spacial score (nSPS) is 14.6. The number of carbonyl (C=O) groups is 1. The molecule has 0 aromatic heterocycles. The van der Waals surface area contributed by atoms with Gasteiger partial charge in [0.25, 0.3) is 0 Å². The van der Waals surface area contributed by atoms with Gasteiger partial charge >= 0.3 is 6.09 Å². The van der Waals surface area contributed by atoms with Gasteiger partial charge in [-0.3, -0.25) is 0 Å². The third-order valence-corrected chi connectivity index (χ3v) is 3.02. The largest absolute Gasteiger partial charge is 0.591 e. The molecule has 0 aliphatic rings. The fraction of sp³-hybridized carbons (Fsp3) is 0.833. The quantitative estimate of drug-likeness (QED) is 0.487. The minimum Gasteiger partial charge on any atom is -0.591 e. The minimum absolute atomic E-state index is 0.352. The predicted octanol–water partition coefficient (Wildman–Crippen LogP) is 2.43. The van der Waals surface area contributed by atoms with E-state index in [-0.39, 0.29) is 4.75 Å². The van der Waals surface area contributed by atoms with E-state index in [1.807, 2.05) is 20.8 Å². The van der Waals surface area contributed by atoms with Crippen LogP contribution in [0, 0.1) is 0 Å². The number of rotatable bonds is 4. The molecule has 0 saturated carbocycles. The maximum absolute atomic E-state index is 11.6. The molecule has 0 aromatic rings. The van der Waals surface area contributed by atoms with Gasteiger partial charge in [-0.1, -0.05) is 4.40 Å². The zero-order valence-corrected chi connectivity index (χ0v) is 12.9. The Labute approximate surface area is 113 Å². The SMILES string of the molecule is CC(C)(C)OC(=O)NCCC=N[S@+]([O-])C(C)(C)C. The lowest BCUT2D eigenvalue weighted by Gasteiger charge is -2.19. The second-order valence-corrected chi connectivity index (χ2v) is 7.80. The summed E-state index contributed by atoms with van der Waals surface area (Å²) in [4.78, 5) is 11.3. The first-order valence-corrected chi connectivity index (χ1v) is 7.04. The van der Waals surface area contributed by atoms with Crippen molar-refractivity contribution in [3.8, 4) is 0 Å². The number of hydrogen-bond acceptors (Lipinski definition) is 4. The number of hydrogen-bond donors (Lipinski definition) is 1. The Bertz CT molecular complexity index is 293. The fourth-order valence-electron chi connectivity index (χ4n) is 0.831. The Kier molecular flexibility index (Phi) is 6.70. The van der Waals surface area contributed by atoms with Gasteiger partial charge in [0.15, 0.2) is 0 Å². The summed E-state index contributed by atoms with van der Waals surface area (Å²) >= 11 is -1.24. The summed E-state index contributed by atoms with van der Waals surface area (Å²) in [5.41, 5.74) is -0.494. The zero-order valence-electron chi connectivity index (χ0n) is 12.1. The van der Waals surface area contributed by atoms with Gasteiger partial charge in [-0.2, -0.15) is 0 Å². The van der Waals surface area contributed by atoms with E-state index < -0.39 is 23.1 Å². The second kappa shape index (κ2) is 6.99. The standard InChI is InChI=1S/C12H24N2O3S/c1-11(2,3)17-10(15)13-8-7-9-14-18(16)12(4,5)6/h9H,7-8H2,1-6H3,(H,13,15)/t18-/m1/s1. The Morgan fingerprint density at radius 1 is 1.33 bits per heavy atom. The van der Waals surface area contributed by atoms with Crippen molar-refractivity contribution in [1.82, 2.24) is 5.32 Å². The summed E-state index contributed by atoms with van der Waals surface area (Å²) in [6.45, 7) is 11.4. The third-order valence-electron chi connectivity index (χ3n) is 1.64. The molecule has 1 amide bonds. The first-order valence-electron chi connectivity index (χ1n) is 5.94. The molecular formula is C12H24N2O3S. The molecule has 0 aliphatic heterocycles. The Balaban J connectivity index is 3.81. The molecular weight excluding hydrogens is 252 g/mol. The van der Waals surface area contributed by atoms with E-state index >= 15 is 0 Å². The highest BCUT2D eigenvalue weighted by Crippen LogP contribution is 2.16. The molecule has 0 rings (SSSR count). The van der Waals surface area contributed by atoms with E-state index in [0.717, 1.165) is 0 Å². The van der Waals surface area contributed by atoms with Crippen LogP contribution in [0.25, 0.3) is 0 Å². The molecule has 0 spiro atoms. The fourth-order valence-corrected chi connectivity index (χ4v) is 1.39. The van der Waals surface area contributed by atoms with Crippen molar-refractivity contribution >= 4 is 23.7 Å². The van der Waals surface area contributed by atoms with Crippen molar-refractivity contribution in [2.24, 2.45) is 4.40 Å². The van der Waals surface area contributed by atoms with Crippen molar-refractivity contribution < 1.29 is 14.1 Å². The summed E-state index contributed by atoms with van der Waals surface area (Å²) in [6.07, 6.45) is 1.65. The lowest BCUT2D eigenvalue weighted by Crippen LogP contribution is -2.33. The minimum atomic E-state index is -1.24. The molecule has 106 valence electrons. The highest BCUT2D eigenvalue weighted by molar-refractivity contribution is 7.91. The van der Waals surface area contributed by atoms with Crippen LogP contribution >= 0.6 is 0 Å². The Hall–Kier alpha value is -0.750. The monoisotopic (exact) mass is 276 g/mol. The lowest BCUT2D eigenvalue weighted by atomic mass is 10.2. The van der Waals surface area contributed by atoms with E-state index in [4.69, 9.17) is 4.74 Å². The molecule has 0 aromatic carbocycles. The highest BCUT2D eigenvalue weighted by atomic mass is 32.2. The Morgan fingerprint density at radius 3 is 2.33 bits per heavy atom. The van der Waals surface area contributed by atoms with Gasteiger partial charge in [0.05, 0.1) is 6.21 Å². The van der Waals surface area contributed by atoms with Crippen LogP contribution in [-0.4, -0.2) is 33.8 Å². The van der Waals surface area contributed by atoms with Gasteiger partial charge in [-0.15, -0.1) is 0 Å². The molecule has 0 saturated heterocycles. The van der Waals surface area contributed by atoms with Crippen LogP contribution in [-0.2, 0) is 16.1 Å². The highest BCUT2D eigenvalue weighted by Gasteiger charge is 2.25. The van der Waals surface area contributed by atoms with E-state index in [1.54, 1.807) is 27.0 Å². The van der Waals surface area contributed by atoms with Gasteiger partial charge in [0, 0.05) is 13.0 Å². The topological polar surface area (TPSA) is 73.8 Å². The molecule has 0 radical (unpaired) electrons. The van der Waals surface area contributed by atoms with E-state index in [0.29, 0.717) is 13.0 Å². The summed E-state index contributed by atoms with van der Waals surface area (Å²) in [5.74, 6) is 0. The molecule has 0 heterocycles. The van der Waals surface area contributed by atoms with Crippen LogP contribution in [0.2, 0.25) is 0 Å². The average Bonchev–Trinajstić information content (AvgIpc) is 2.12. The number of alkyl carbamates (subject to hydrolysis) is 1. The van der Waals surface area contributed by atoms with Crippen LogP contribution in [0.15, 0.2) is 4.40 Å². The van der Waals surface area contributed by atoms with Crippen LogP contribution in [0.3, 0.4) is 0 Å². The lowest BCUT2D eigenvalue weighted by molar-refractivity contribution is 0.0529. The van der Waals surface area contributed by atoms with Crippen LogP contribution < -0.4 is 5.32 Å². The Morgan fingerprint density at radius 2 is 1.89 bits per heavy atom. The number of nitrogens with zero attached hydrogens (tertiary/aromatic N) is 1. The summed E-state index contributed by atoms with van der Waals surface area (Å²) in [7, 11) is 0. The third kappa shape index (κ3) is 9.30. The van der Waals surface area contributed by atoms with Gasteiger partial charge < -0.3 is 14.6 Å². The molecule has 6 heteroatoms. The first kappa shape index (κ1) is 17.2. The molecule has 1 atom stereocenters. The maximum Gasteiger partial charge on any atom is 0.407 e. The van der Waals surface area contributed by atoms with Crippen LogP contribution in [0.5, 0.6) is 0 Å². The molecule has 1 N–H and O–H groups in total. The van der Waals surface area contributed by atoms with Gasteiger partial charge in [0.2, 0.25) is 0 Å². The van der Waals surface area contributed by atoms with Crippen molar-refractivity contribution in [2.45, 2.75) is 58.3 Å². The zero-order chi connectivity index (χ0) is 14.4. The van der Waals surface area contributed by atoms with Crippen molar-refractivity contribution in [2.75, 3.05) is 6.54 Å². The summed E-state index contributed by atoms with van der Waals surface area (Å²) < 4.78 is 20.2. The molecule has 5 nitrogen and oxygen atoms in total.